The Morgan fingerprint density at radius 2 is 1.62 bits per heavy atom. The number of aliphatic hydroxyl groups is 1. The van der Waals surface area contributed by atoms with Crippen LogP contribution in [-0.2, 0) is 0 Å². The smallest absolute Gasteiger partial charge is 0.103 e. The molecule has 80 valence electrons. The summed E-state index contributed by atoms with van der Waals surface area (Å²) in [5, 5.41) is 12.3. The highest BCUT2D eigenvalue weighted by Crippen LogP contribution is 1.99. The van der Waals surface area contributed by atoms with Gasteiger partial charge in [0, 0.05) is 0 Å². The van der Waals surface area contributed by atoms with Gasteiger partial charge in [-0.2, -0.15) is 0 Å². The first-order valence-corrected chi connectivity index (χ1v) is 5.30. The lowest BCUT2D eigenvalue weighted by molar-refractivity contribution is 0.0837. The lowest BCUT2D eigenvalue weighted by Gasteiger charge is -2.30. The Morgan fingerprint density at radius 3 is 1.92 bits per heavy atom. The second-order valence-electron chi connectivity index (χ2n) is 3.55. The SMILES string of the molecule is CCCN(CCC)C(C)NC(C)O. The van der Waals surface area contributed by atoms with Gasteiger partial charge in [-0.15, -0.1) is 0 Å². The third-order valence-electron chi connectivity index (χ3n) is 2.05. The lowest BCUT2D eigenvalue weighted by Crippen LogP contribution is -2.47. The number of aliphatic hydroxyl groups excluding tert-OH is 1. The summed E-state index contributed by atoms with van der Waals surface area (Å²) in [4.78, 5) is 2.35. The van der Waals surface area contributed by atoms with Gasteiger partial charge in [-0.05, 0) is 39.8 Å². The van der Waals surface area contributed by atoms with Crippen LogP contribution >= 0.6 is 0 Å². The van der Waals surface area contributed by atoms with E-state index in [1.807, 2.05) is 0 Å². The van der Waals surface area contributed by atoms with Crippen molar-refractivity contribution < 1.29 is 5.11 Å². The topological polar surface area (TPSA) is 35.5 Å². The van der Waals surface area contributed by atoms with Crippen LogP contribution in [0.2, 0.25) is 0 Å². The highest BCUT2D eigenvalue weighted by molar-refractivity contribution is 4.64. The molecule has 2 N–H and O–H groups in total. The summed E-state index contributed by atoms with van der Waals surface area (Å²) < 4.78 is 0. The average Bonchev–Trinajstić information content (AvgIpc) is 2.02. The van der Waals surface area contributed by atoms with E-state index < -0.39 is 6.23 Å². The summed E-state index contributed by atoms with van der Waals surface area (Å²) in [6.45, 7) is 10.4. The molecular weight excluding hydrogens is 164 g/mol. The van der Waals surface area contributed by atoms with Crippen LogP contribution in [0.3, 0.4) is 0 Å². The number of nitrogens with one attached hydrogen (secondary N) is 1. The molecule has 0 rings (SSSR count). The molecule has 0 heterocycles. The molecule has 3 heteroatoms. The minimum atomic E-state index is -0.425. The molecule has 0 radical (unpaired) electrons. The molecule has 0 aromatic carbocycles. The van der Waals surface area contributed by atoms with Crippen molar-refractivity contribution in [2.45, 2.75) is 52.9 Å². The monoisotopic (exact) mass is 188 g/mol. The van der Waals surface area contributed by atoms with Crippen LogP contribution in [0.25, 0.3) is 0 Å². The zero-order valence-corrected chi connectivity index (χ0v) is 9.38. The molecule has 0 aromatic rings. The van der Waals surface area contributed by atoms with E-state index in [4.69, 9.17) is 0 Å². The van der Waals surface area contributed by atoms with Gasteiger partial charge >= 0.3 is 0 Å². The molecule has 0 saturated heterocycles. The van der Waals surface area contributed by atoms with Crippen molar-refractivity contribution in [2.24, 2.45) is 0 Å². The molecule has 0 aliphatic rings. The molecule has 0 amide bonds. The number of rotatable bonds is 7. The van der Waals surface area contributed by atoms with Crippen LogP contribution < -0.4 is 5.32 Å². The summed E-state index contributed by atoms with van der Waals surface area (Å²) in [6, 6.07) is 0. The van der Waals surface area contributed by atoms with Gasteiger partial charge in [0.15, 0.2) is 0 Å². The summed E-state index contributed by atoms with van der Waals surface area (Å²) in [6.07, 6.45) is 2.16. The van der Waals surface area contributed by atoms with Gasteiger partial charge in [0.25, 0.3) is 0 Å². The summed E-state index contributed by atoms with van der Waals surface area (Å²) >= 11 is 0. The third-order valence-corrected chi connectivity index (χ3v) is 2.05. The second kappa shape index (κ2) is 7.30. The normalized spacial score (nSPS) is 16.2. The molecule has 0 fully saturated rings. The van der Waals surface area contributed by atoms with E-state index in [1.165, 1.54) is 0 Å². The summed E-state index contributed by atoms with van der Waals surface area (Å²) in [5.74, 6) is 0. The van der Waals surface area contributed by atoms with E-state index in [0.717, 1.165) is 25.9 Å². The van der Waals surface area contributed by atoms with Gasteiger partial charge in [0.05, 0.1) is 6.17 Å². The molecule has 0 spiro atoms. The minimum Gasteiger partial charge on any atom is -0.379 e. The number of nitrogens with zero attached hydrogens (tertiary/aromatic N) is 1. The Labute approximate surface area is 82.1 Å². The van der Waals surface area contributed by atoms with Crippen molar-refractivity contribution in [1.82, 2.24) is 10.2 Å². The maximum atomic E-state index is 9.17. The molecule has 3 nitrogen and oxygen atoms in total. The van der Waals surface area contributed by atoms with Crippen molar-refractivity contribution in [2.75, 3.05) is 13.1 Å². The Hall–Kier alpha value is -0.120. The average molecular weight is 188 g/mol. The standard InChI is InChI=1S/C10H24N2O/c1-5-7-12(8-6-2)9(3)11-10(4)13/h9-11,13H,5-8H2,1-4H3. The number of hydrogen-bond donors (Lipinski definition) is 2. The highest BCUT2D eigenvalue weighted by atomic mass is 16.3. The van der Waals surface area contributed by atoms with Crippen LogP contribution in [0.4, 0.5) is 0 Å². The van der Waals surface area contributed by atoms with E-state index in [-0.39, 0.29) is 6.17 Å². The Kier molecular flexibility index (Phi) is 7.23. The van der Waals surface area contributed by atoms with Gasteiger partial charge in [0.2, 0.25) is 0 Å². The van der Waals surface area contributed by atoms with E-state index in [1.54, 1.807) is 6.92 Å². The van der Waals surface area contributed by atoms with Crippen molar-refractivity contribution >= 4 is 0 Å². The summed E-state index contributed by atoms with van der Waals surface area (Å²) in [7, 11) is 0. The molecular formula is C10H24N2O. The molecule has 0 aliphatic heterocycles. The molecule has 0 aliphatic carbocycles. The Balaban J connectivity index is 3.86. The van der Waals surface area contributed by atoms with Crippen LogP contribution in [0.1, 0.15) is 40.5 Å². The first-order valence-electron chi connectivity index (χ1n) is 5.30. The summed E-state index contributed by atoms with van der Waals surface area (Å²) in [5.41, 5.74) is 0. The number of hydrogen-bond acceptors (Lipinski definition) is 3. The fraction of sp³-hybridized carbons (Fsp3) is 1.00. The van der Waals surface area contributed by atoms with Crippen molar-refractivity contribution in [1.29, 1.82) is 0 Å². The van der Waals surface area contributed by atoms with E-state index in [2.05, 4.69) is 31.0 Å². The minimum absolute atomic E-state index is 0.264. The first kappa shape index (κ1) is 12.9. The van der Waals surface area contributed by atoms with Crippen molar-refractivity contribution in [3.8, 4) is 0 Å². The van der Waals surface area contributed by atoms with Crippen LogP contribution in [-0.4, -0.2) is 35.5 Å². The van der Waals surface area contributed by atoms with E-state index >= 15 is 0 Å². The van der Waals surface area contributed by atoms with Crippen LogP contribution in [0.5, 0.6) is 0 Å². The molecule has 13 heavy (non-hydrogen) atoms. The van der Waals surface area contributed by atoms with E-state index in [9.17, 15) is 5.11 Å². The first-order chi connectivity index (χ1) is 6.11. The van der Waals surface area contributed by atoms with Crippen LogP contribution in [0.15, 0.2) is 0 Å². The molecule has 0 bridgehead atoms. The van der Waals surface area contributed by atoms with Crippen molar-refractivity contribution in [3.63, 3.8) is 0 Å². The van der Waals surface area contributed by atoms with Gasteiger partial charge in [-0.3, -0.25) is 10.2 Å². The molecule has 2 unspecified atom stereocenters. The Morgan fingerprint density at radius 1 is 1.15 bits per heavy atom. The fourth-order valence-corrected chi connectivity index (χ4v) is 1.53. The van der Waals surface area contributed by atoms with Gasteiger partial charge in [-0.1, -0.05) is 13.8 Å². The Bertz CT molecular complexity index is 111. The second-order valence-corrected chi connectivity index (χ2v) is 3.55. The largest absolute Gasteiger partial charge is 0.379 e. The molecule has 2 atom stereocenters. The predicted octanol–water partition coefficient (Wildman–Crippen LogP) is 1.38. The maximum absolute atomic E-state index is 9.17. The van der Waals surface area contributed by atoms with Crippen LogP contribution in [0, 0.1) is 0 Å². The molecule has 0 aromatic heterocycles. The molecule has 0 saturated carbocycles. The van der Waals surface area contributed by atoms with Gasteiger partial charge in [0.1, 0.15) is 6.23 Å². The van der Waals surface area contributed by atoms with E-state index in [0.29, 0.717) is 0 Å². The quantitative estimate of drug-likeness (QED) is 0.593. The van der Waals surface area contributed by atoms with Gasteiger partial charge in [-0.25, -0.2) is 0 Å². The van der Waals surface area contributed by atoms with Gasteiger partial charge < -0.3 is 5.11 Å². The predicted molar refractivity (Wildman–Crippen MR) is 56.4 cm³/mol. The highest BCUT2D eigenvalue weighted by Gasteiger charge is 2.12. The lowest BCUT2D eigenvalue weighted by atomic mass is 10.3. The fourth-order valence-electron chi connectivity index (χ4n) is 1.53. The maximum Gasteiger partial charge on any atom is 0.103 e. The third kappa shape index (κ3) is 6.02. The zero-order chi connectivity index (χ0) is 10.3. The zero-order valence-electron chi connectivity index (χ0n) is 9.38. The van der Waals surface area contributed by atoms with Crippen molar-refractivity contribution in [3.05, 3.63) is 0 Å².